The minimum absolute atomic E-state index is 0.0135. The molecule has 300 valence electrons. The molecule has 15 heteroatoms. The van der Waals surface area contributed by atoms with Gasteiger partial charge >= 0.3 is 5.97 Å². The van der Waals surface area contributed by atoms with E-state index < -0.39 is 34.7 Å². The number of methoxy groups -OCH3 is 1. The van der Waals surface area contributed by atoms with Crippen LogP contribution in [0.2, 0.25) is 5.02 Å². The number of fused-ring (bicyclic) bond motifs is 3. The Morgan fingerprint density at radius 1 is 0.831 bits per heavy atom. The number of aromatic hydroxyl groups is 1. The van der Waals surface area contributed by atoms with E-state index in [0.717, 1.165) is 24.3 Å². The summed E-state index contributed by atoms with van der Waals surface area (Å²) >= 11 is 6.03. The topological polar surface area (TPSA) is 177 Å². The summed E-state index contributed by atoms with van der Waals surface area (Å²) in [6.07, 6.45) is 0.919. The maximum absolute atomic E-state index is 14.7. The number of nitrogens with one attached hydrogen (secondary N) is 2. The van der Waals surface area contributed by atoms with Gasteiger partial charge < -0.3 is 30.0 Å². The Labute approximate surface area is 338 Å². The second-order valence-corrected chi connectivity index (χ2v) is 14.1. The normalized spacial score (nSPS) is 11.3. The monoisotopic (exact) mass is 821 g/mol. The lowest BCUT2D eigenvalue weighted by Gasteiger charge is -2.18. The van der Waals surface area contributed by atoms with Gasteiger partial charge in [-0.25, -0.2) is 13.6 Å². The zero-order chi connectivity index (χ0) is 42.1. The van der Waals surface area contributed by atoms with E-state index in [1.54, 1.807) is 54.0 Å². The van der Waals surface area contributed by atoms with Crippen molar-refractivity contribution in [2.24, 2.45) is 0 Å². The summed E-state index contributed by atoms with van der Waals surface area (Å²) in [7, 11) is 1.53. The molecule has 5 aromatic rings. The highest BCUT2D eigenvalue weighted by Gasteiger charge is 2.26. The van der Waals surface area contributed by atoms with Gasteiger partial charge in [0, 0.05) is 69.0 Å². The lowest BCUT2D eigenvalue weighted by Crippen LogP contribution is -2.28. The van der Waals surface area contributed by atoms with Crippen molar-refractivity contribution in [2.45, 2.75) is 26.2 Å². The Bertz CT molecular complexity index is 2870. The quantitative estimate of drug-likeness (QED) is 0.0710. The molecule has 0 saturated carbocycles. The third-order valence-electron chi connectivity index (χ3n) is 10.0. The third kappa shape index (κ3) is 7.94. The fourth-order valence-electron chi connectivity index (χ4n) is 7.07. The molecule has 0 spiro atoms. The maximum atomic E-state index is 14.7. The van der Waals surface area contributed by atoms with E-state index >= 15 is 0 Å². The number of hydrogen-bond donors (Lipinski definition) is 4. The molecule has 12 nitrogen and oxygen atoms in total. The van der Waals surface area contributed by atoms with E-state index in [9.17, 15) is 43.0 Å². The smallest absolute Gasteiger partial charge is 0.336 e. The van der Waals surface area contributed by atoms with Crippen LogP contribution in [0.25, 0.3) is 44.3 Å². The predicted molar refractivity (Wildman–Crippen MR) is 216 cm³/mol. The van der Waals surface area contributed by atoms with Crippen molar-refractivity contribution < 1.29 is 47.3 Å². The maximum Gasteiger partial charge on any atom is 0.336 e. The van der Waals surface area contributed by atoms with Crippen LogP contribution in [0, 0.1) is 18.6 Å². The van der Waals surface area contributed by atoms with Crippen LogP contribution in [0.15, 0.2) is 94.1 Å². The van der Waals surface area contributed by atoms with Gasteiger partial charge in [0.25, 0.3) is 11.8 Å². The number of phenols is 1. The number of benzene rings is 5. The second kappa shape index (κ2) is 16.4. The molecule has 0 radical (unpaired) electrons. The summed E-state index contributed by atoms with van der Waals surface area (Å²) in [6, 6.07) is 19.1. The Morgan fingerprint density at radius 2 is 1.54 bits per heavy atom. The number of carbonyl (C=O) groups excluding carboxylic acids is 3. The fourth-order valence-corrected chi connectivity index (χ4v) is 7.20. The summed E-state index contributed by atoms with van der Waals surface area (Å²) in [6.45, 7) is 2.24. The van der Waals surface area contributed by atoms with Gasteiger partial charge in [0.05, 0.1) is 24.6 Å². The number of hydrogen-bond acceptors (Lipinski definition) is 8. The van der Waals surface area contributed by atoms with Crippen LogP contribution in [0.1, 0.15) is 55.2 Å². The highest BCUT2D eigenvalue weighted by Crippen LogP contribution is 2.43. The van der Waals surface area contributed by atoms with Crippen molar-refractivity contribution in [1.29, 1.82) is 0 Å². The average molecular weight is 822 g/mol. The van der Waals surface area contributed by atoms with E-state index in [1.807, 2.05) is 0 Å². The van der Waals surface area contributed by atoms with Crippen LogP contribution in [0.3, 0.4) is 0 Å². The van der Waals surface area contributed by atoms with Gasteiger partial charge in [-0.15, -0.1) is 0 Å². The number of ether oxygens (including phenoxy) is 1. The number of amides is 2. The molecule has 1 aliphatic heterocycles. The average Bonchev–Trinajstić information content (AvgIpc) is 3.48. The van der Waals surface area contributed by atoms with Crippen LogP contribution in [-0.2, 0) is 11.2 Å². The molecule has 2 aliphatic rings. The lowest BCUT2D eigenvalue weighted by atomic mass is 9.89. The van der Waals surface area contributed by atoms with Gasteiger partial charge in [-0.3, -0.25) is 23.7 Å². The largest absolute Gasteiger partial charge is 0.505 e. The summed E-state index contributed by atoms with van der Waals surface area (Å²) in [5.74, 6) is -5.13. The Hall–Kier alpha value is -7.06. The van der Waals surface area contributed by atoms with Gasteiger partial charge in [0.1, 0.15) is 17.1 Å². The molecular formula is C44H34ClF2N3O9. The Kier molecular flexibility index (Phi) is 11.2. The molecule has 0 unspecified atom stereocenters. The highest BCUT2D eigenvalue weighted by atomic mass is 35.5. The summed E-state index contributed by atoms with van der Waals surface area (Å²) in [5, 5.41) is 26.9. The molecule has 7 rings (SSSR count). The summed E-state index contributed by atoms with van der Waals surface area (Å²) < 4.78 is 42.0. The Morgan fingerprint density at radius 3 is 2.25 bits per heavy atom. The van der Waals surface area contributed by atoms with Gasteiger partial charge in [0.2, 0.25) is 11.3 Å². The molecule has 0 bridgehead atoms. The zero-order valence-electron chi connectivity index (χ0n) is 31.5. The van der Waals surface area contributed by atoms with Crippen molar-refractivity contribution in [3.05, 3.63) is 140 Å². The molecule has 0 fully saturated rings. The van der Waals surface area contributed by atoms with Crippen molar-refractivity contribution >= 4 is 57.2 Å². The second-order valence-electron chi connectivity index (χ2n) is 13.7. The van der Waals surface area contributed by atoms with Crippen LogP contribution in [-0.4, -0.2) is 58.7 Å². The van der Waals surface area contributed by atoms with Crippen molar-refractivity contribution in [3.8, 4) is 33.9 Å². The third-order valence-corrected chi connectivity index (χ3v) is 10.3. The van der Waals surface area contributed by atoms with Gasteiger partial charge in [-0.05, 0) is 104 Å². The van der Waals surface area contributed by atoms with Crippen LogP contribution in [0.5, 0.6) is 11.5 Å². The van der Waals surface area contributed by atoms with Crippen molar-refractivity contribution in [3.63, 3.8) is 0 Å². The van der Waals surface area contributed by atoms with E-state index in [-0.39, 0.29) is 75.9 Å². The molecule has 1 aliphatic carbocycles. The number of nitrogens with zero attached hydrogens (tertiary/aromatic N) is 1. The number of carboxylic acid groups (broad SMARTS) is 1. The van der Waals surface area contributed by atoms with Crippen LogP contribution in [0.4, 0.5) is 8.78 Å². The molecule has 2 amide bonds. The first-order valence-electron chi connectivity index (χ1n) is 18.2. The number of unbranched alkanes of at least 4 members (excludes halogenated alkanes) is 1. The summed E-state index contributed by atoms with van der Waals surface area (Å²) in [4.78, 5) is 64.7. The SMILES string of the molecule is COc1ccc2c(c1)c(CC(=O)NCCCCNC(=O)c1ccc(C(=O)O)c(-c3c4cc(F)c(=O)cc-4oc4cc(O)c(F)cc34)c1)c(C)n2C(=O)c1ccc(Cl)cc1. The standard InChI is InChI=1S/C44H34ClF2N3O9/c1-22-28(29-16-26(58-2)10-12-35(29)50(22)43(55)23-5-8-25(45)9-6-23)19-40(53)48-13-3-4-14-49-42(54)24-7-11-27(44(56)57)30(15-24)41-31-17-33(46)36(51)20-38(31)59-39-21-37(52)34(47)18-32(39)41/h5-12,15-18,20-21,51H,3-4,13-14,19H2,1-2H3,(H,48,53)(H,49,54)(H,56,57). The number of halogens is 3. The predicted octanol–water partition coefficient (Wildman–Crippen LogP) is 7.73. The van der Waals surface area contributed by atoms with E-state index in [4.69, 9.17) is 20.8 Å². The highest BCUT2D eigenvalue weighted by molar-refractivity contribution is 6.30. The molecule has 0 saturated heterocycles. The molecule has 4 N–H and O–H groups in total. The number of phenolic OH excluding ortho intramolecular Hbond substituents is 1. The molecule has 1 aromatic heterocycles. The summed E-state index contributed by atoms with van der Waals surface area (Å²) in [5.41, 5.74) is 0.715. The first kappa shape index (κ1) is 40.1. The number of rotatable bonds is 12. The van der Waals surface area contributed by atoms with Crippen molar-refractivity contribution in [1.82, 2.24) is 15.2 Å². The Balaban J connectivity index is 1.03. The van der Waals surface area contributed by atoms with Gasteiger partial charge in [-0.2, -0.15) is 0 Å². The number of aromatic carboxylic acids is 1. The lowest BCUT2D eigenvalue weighted by molar-refractivity contribution is -0.120. The zero-order valence-corrected chi connectivity index (χ0v) is 32.2. The minimum Gasteiger partial charge on any atom is -0.505 e. The van der Waals surface area contributed by atoms with E-state index in [2.05, 4.69) is 10.6 Å². The first-order chi connectivity index (χ1) is 28.2. The number of carboxylic acids is 1. The van der Waals surface area contributed by atoms with E-state index in [1.165, 1.54) is 25.3 Å². The van der Waals surface area contributed by atoms with E-state index in [0.29, 0.717) is 51.3 Å². The van der Waals surface area contributed by atoms with Crippen LogP contribution >= 0.6 is 11.6 Å². The fraction of sp³-hybridized carbons (Fsp3) is 0.159. The molecule has 59 heavy (non-hydrogen) atoms. The first-order valence-corrected chi connectivity index (χ1v) is 18.6. The van der Waals surface area contributed by atoms with Gasteiger partial charge in [-0.1, -0.05) is 11.6 Å². The number of carbonyl (C=O) groups is 4. The minimum atomic E-state index is -1.40. The molecule has 4 aromatic carbocycles. The van der Waals surface area contributed by atoms with Gasteiger partial charge in [0.15, 0.2) is 17.4 Å². The molecular weight excluding hydrogens is 788 g/mol. The van der Waals surface area contributed by atoms with Crippen molar-refractivity contribution in [2.75, 3.05) is 20.2 Å². The molecule has 2 heterocycles. The molecule has 0 atom stereocenters. The van der Waals surface area contributed by atoms with Crippen LogP contribution < -0.4 is 20.8 Å². The number of aromatic nitrogens is 1.